The van der Waals surface area contributed by atoms with E-state index in [2.05, 4.69) is 26.1 Å². The molecule has 6 heteroatoms. The second kappa shape index (κ2) is 6.41. The minimum atomic E-state index is -0.451. The van der Waals surface area contributed by atoms with Crippen LogP contribution in [0, 0.1) is 10.8 Å². The van der Waals surface area contributed by atoms with Crippen LogP contribution in [0.5, 0.6) is 0 Å². The third-order valence-corrected chi connectivity index (χ3v) is 5.91. The number of halogens is 1. The van der Waals surface area contributed by atoms with Gasteiger partial charge < -0.3 is 20.5 Å². The highest BCUT2D eigenvalue weighted by Crippen LogP contribution is 2.51. The molecule has 1 saturated heterocycles. The molecule has 0 aromatic rings. The summed E-state index contributed by atoms with van der Waals surface area (Å²) in [4.78, 5) is 12.7. The van der Waals surface area contributed by atoms with Crippen molar-refractivity contribution in [3.63, 3.8) is 0 Å². The van der Waals surface area contributed by atoms with Crippen LogP contribution in [0.15, 0.2) is 0 Å². The van der Waals surface area contributed by atoms with Gasteiger partial charge in [-0.25, -0.2) is 0 Å². The summed E-state index contributed by atoms with van der Waals surface area (Å²) in [7, 11) is 1.74. The van der Waals surface area contributed by atoms with E-state index in [0.29, 0.717) is 32.6 Å². The number of hydrogen-bond acceptors (Lipinski definition) is 4. The highest BCUT2D eigenvalue weighted by atomic mass is 35.5. The third kappa shape index (κ3) is 2.93. The number of carbonyl (C=O) groups excluding carboxylic acids is 1. The van der Waals surface area contributed by atoms with Gasteiger partial charge in [-0.1, -0.05) is 13.8 Å². The fraction of sp³-hybridized carbons (Fsp3) is 0.933. The zero-order valence-electron chi connectivity index (χ0n) is 13.5. The zero-order chi connectivity index (χ0) is 15.0. The van der Waals surface area contributed by atoms with E-state index < -0.39 is 5.41 Å². The highest BCUT2D eigenvalue weighted by molar-refractivity contribution is 5.85. The maximum Gasteiger partial charge on any atom is 0.227 e. The Morgan fingerprint density at radius 3 is 2.33 bits per heavy atom. The molecule has 1 aliphatic heterocycles. The summed E-state index contributed by atoms with van der Waals surface area (Å²) < 4.78 is 11.0. The van der Waals surface area contributed by atoms with Gasteiger partial charge >= 0.3 is 0 Å². The molecule has 0 radical (unpaired) electrons. The van der Waals surface area contributed by atoms with E-state index in [-0.39, 0.29) is 35.4 Å². The predicted molar refractivity (Wildman–Crippen MR) is 84.5 cm³/mol. The summed E-state index contributed by atoms with van der Waals surface area (Å²) in [6.45, 7) is 8.01. The maximum atomic E-state index is 12.7. The Morgan fingerprint density at radius 2 is 1.90 bits per heavy atom. The molecule has 124 valence electrons. The summed E-state index contributed by atoms with van der Waals surface area (Å²) in [6.07, 6.45) is 2.27. The molecule has 21 heavy (non-hydrogen) atoms. The Balaban J connectivity index is 0.00000220. The lowest BCUT2D eigenvalue weighted by Crippen LogP contribution is -2.70. The molecule has 0 spiro atoms. The number of amides is 1. The third-order valence-electron chi connectivity index (χ3n) is 5.91. The van der Waals surface area contributed by atoms with Crippen LogP contribution in [0.1, 0.15) is 40.0 Å². The summed E-state index contributed by atoms with van der Waals surface area (Å²) in [5.41, 5.74) is 5.19. The lowest BCUT2D eigenvalue weighted by Gasteiger charge is -2.59. The van der Waals surface area contributed by atoms with Crippen LogP contribution in [-0.4, -0.2) is 44.4 Å². The summed E-state index contributed by atoms with van der Waals surface area (Å²) in [5, 5.41) is 3.20. The maximum absolute atomic E-state index is 12.7. The molecule has 2 fully saturated rings. The van der Waals surface area contributed by atoms with Gasteiger partial charge in [0.1, 0.15) is 0 Å². The van der Waals surface area contributed by atoms with E-state index in [9.17, 15) is 4.79 Å². The van der Waals surface area contributed by atoms with Gasteiger partial charge in [0.25, 0.3) is 0 Å². The van der Waals surface area contributed by atoms with Gasteiger partial charge in [-0.15, -0.1) is 12.4 Å². The van der Waals surface area contributed by atoms with Crippen molar-refractivity contribution in [2.75, 3.05) is 26.9 Å². The van der Waals surface area contributed by atoms with Crippen LogP contribution >= 0.6 is 12.4 Å². The van der Waals surface area contributed by atoms with Crippen molar-refractivity contribution in [3.05, 3.63) is 0 Å². The molecule has 5 nitrogen and oxygen atoms in total. The Hall–Kier alpha value is -0.360. The zero-order valence-corrected chi connectivity index (χ0v) is 14.3. The van der Waals surface area contributed by atoms with E-state index in [1.165, 1.54) is 0 Å². The van der Waals surface area contributed by atoms with Gasteiger partial charge in [-0.2, -0.15) is 0 Å². The monoisotopic (exact) mass is 320 g/mol. The van der Waals surface area contributed by atoms with Crippen molar-refractivity contribution in [2.45, 2.75) is 51.7 Å². The van der Waals surface area contributed by atoms with Gasteiger partial charge in [0.15, 0.2) is 0 Å². The van der Waals surface area contributed by atoms with Crippen LogP contribution in [0.4, 0.5) is 0 Å². The van der Waals surface area contributed by atoms with Crippen LogP contribution in [-0.2, 0) is 14.3 Å². The Labute approximate surface area is 133 Å². The molecule has 0 aromatic heterocycles. The highest BCUT2D eigenvalue weighted by Gasteiger charge is 2.59. The van der Waals surface area contributed by atoms with Gasteiger partial charge in [0.05, 0.1) is 11.0 Å². The molecule has 2 rings (SSSR count). The van der Waals surface area contributed by atoms with E-state index in [1.807, 2.05) is 0 Å². The standard InChI is InChI=1S/C15H28N2O3.ClH/c1-13(2)11(9-14(13,3)19-4)17-12(18)15(10-16)5-7-20-8-6-15;/h11H,5-10,16H2,1-4H3,(H,17,18);1H. The van der Waals surface area contributed by atoms with Crippen LogP contribution in [0.25, 0.3) is 0 Å². The van der Waals surface area contributed by atoms with E-state index in [0.717, 1.165) is 6.42 Å². The average Bonchev–Trinajstić information content (AvgIpc) is 2.46. The van der Waals surface area contributed by atoms with Crippen molar-refractivity contribution in [1.29, 1.82) is 0 Å². The Kier molecular flexibility index (Phi) is 5.70. The lowest BCUT2D eigenvalue weighted by atomic mass is 9.55. The number of methoxy groups -OCH3 is 1. The first-order valence-electron chi connectivity index (χ1n) is 7.45. The molecular weight excluding hydrogens is 292 g/mol. The molecule has 1 heterocycles. The number of hydrogen-bond donors (Lipinski definition) is 2. The van der Waals surface area contributed by atoms with E-state index >= 15 is 0 Å². The second-order valence-electron chi connectivity index (χ2n) is 6.98. The molecular formula is C15H29ClN2O3. The smallest absolute Gasteiger partial charge is 0.227 e. The number of nitrogens with one attached hydrogen (secondary N) is 1. The van der Waals surface area contributed by atoms with Crippen molar-refractivity contribution in [3.8, 4) is 0 Å². The van der Waals surface area contributed by atoms with Crippen LogP contribution < -0.4 is 11.1 Å². The number of rotatable bonds is 4. The van der Waals surface area contributed by atoms with E-state index in [1.54, 1.807) is 7.11 Å². The van der Waals surface area contributed by atoms with E-state index in [4.69, 9.17) is 15.2 Å². The molecule has 2 aliphatic rings. The molecule has 3 N–H and O–H groups in total. The van der Waals surface area contributed by atoms with Gasteiger partial charge in [0.2, 0.25) is 5.91 Å². The van der Waals surface area contributed by atoms with Crippen LogP contribution in [0.2, 0.25) is 0 Å². The van der Waals surface area contributed by atoms with Gasteiger partial charge in [0, 0.05) is 38.3 Å². The first-order chi connectivity index (χ1) is 9.31. The summed E-state index contributed by atoms with van der Waals surface area (Å²) in [6, 6.07) is 0.145. The lowest BCUT2D eigenvalue weighted by molar-refractivity contribution is -0.185. The summed E-state index contributed by atoms with van der Waals surface area (Å²) >= 11 is 0. The molecule has 1 saturated carbocycles. The number of carbonyl (C=O) groups is 1. The van der Waals surface area contributed by atoms with Crippen LogP contribution in [0.3, 0.4) is 0 Å². The molecule has 1 amide bonds. The first kappa shape index (κ1) is 18.7. The minimum absolute atomic E-state index is 0. The largest absolute Gasteiger partial charge is 0.381 e. The number of nitrogens with two attached hydrogens (primary N) is 1. The quantitative estimate of drug-likeness (QED) is 0.823. The SMILES string of the molecule is COC1(C)CC(NC(=O)C2(CN)CCOCC2)C1(C)C.Cl. The molecule has 1 aliphatic carbocycles. The minimum Gasteiger partial charge on any atom is -0.381 e. The normalized spacial score (nSPS) is 33.5. The fourth-order valence-electron chi connectivity index (χ4n) is 3.32. The predicted octanol–water partition coefficient (Wildman–Crippen LogP) is 1.48. The van der Waals surface area contributed by atoms with Gasteiger partial charge in [-0.3, -0.25) is 4.79 Å². The molecule has 2 unspecified atom stereocenters. The van der Waals surface area contributed by atoms with Crippen molar-refractivity contribution < 1.29 is 14.3 Å². The van der Waals surface area contributed by atoms with Gasteiger partial charge in [-0.05, 0) is 26.2 Å². The topological polar surface area (TPSA) is 73.6 Å². The second-order valence-corrected chi connectivity index (χ2v) is 6.98. The van der Waals surface area contributed by atoms with Crippen molar-refractivity contribution in [2.24, 2.45) is 16.6 Å². The van der Waals surface area contributed by atoms with Crippen molar-refractivity contribution in [1.82, 2.24) is 5.32 Å². The molecule has 0 bridgehead atoms. The Morgan fingerprint density at radius 1 is 1.33 bits per heavy atom. The Bertz CT molecular complexity index is 383. The van der Waals surface area contributed by atoms with Crippen molar-refractivity contribution >= 4 is 18.3 Å². The first-order valence-corrected chi connectivity index (χ1v) is 7.45. The fourth-order valence-corrected chi connectivity index (χ4v) is 3.32. The molecule has 2 atom stereocenters. The summed E-state index contributed by atoms with van der Waals surface area (Å²) in [5.74, 6) is 0.0829. The number of ether oxygens (including phenoxy) is 2. The molecule has 0 aromatic carbocycles. The average molecular weight is 321 g/mol.